The van der Waals surface area contributed by atoms with Crippen LogP contribution in [-0.4, -0.2) is 80.6 Å². The van der Waals surface area contributed by atoms with Gasteiger partial charge in [-0.15, -0.1) is 10.2 Å². The van der Waals surface area contributed by atoms with Crippen molar-refractivity contribution in [2.75, 3.05) is 37.7 Å². The molecule has 14 heteroatoms. The van der Waals surface area contributed by atoms with Gasteiger partial charge in [-0.3, -0.25) is 0 Å². The molecule has 0 atom stereocenters. The third kappa shape index (κ3) is 4.17. The lowest BCUT2D eigenvalue weighted by Gasteiger charge is -2.35. The van der Waals surface area contributed by atoms with Gasteiger partial charge in [0, 0.05) is 38.5 Å². The topological polar surface area (TPSA) is 184 Å². The summed E-state index contributed by atoms with van der Waals surface area (Å²) >= 11 is 0. The molecule has 0 radical (unpaired) electrons. The van der Waals surface area contributed by atoms with E-state index in [1.54, 1.807) is 6.07 Å². The first-order chi connectivity index (χ1) is 14.7. The van der Waals surface area contributed by atoms with Gasteiger partial charge in [0.15, 0.2) is 9.84 Å². The maximum atomic E-state index is 13.1. The van der Waals surface area contributed by atoms with E-state index < -0.39 is 30.0 Å². The van der Waals surface area contributed by atoms with Crippen LogP contribution in [0.5, 0.6) is 0 Å². The number of nitrogens with two attached hydrogens (primary N) is 1. The number of primary sulfonamides is 1. The highest BCUT2D eigenvalue weighted by molar-refractivity contribution is 7.94. The minimum Gasteiger partial charge on any atom is -0.396 e. The van der Waals surface area contributed by atoms with E-state index in [0.29, 0.717) is 31.1 Å². The van der Waals surface area contributed by atoms with E-state index in [1.165, 1.54) is 6.07 Å². The molecule has 1 aromatic carbocycles. The number of rotatable bonds is 7. The summed E-state index contributed by atoms with van der Waals surface area (Å²) in [5, 5.41) is 30.6. The minimum atomic E-state index is -4.45. The molecule has 0 bridgehead atoms. The van der Waals surface area contributed by atoms with Crippen molar-refractivity contribution < 1.29 is 21.9 Å². The zero-order valence-electron chi connectivity index (χ0n) is 16.7. The number of nitrogens with zero attached hydrogens (tertiary/aromatic N) is 4. The molecule has 5 N–H and O–H groups in total. The van der Waals surface area contributed by atoms with Crippen LogP contribution in [0.3, 0.4) is 0 Å². The molecule has 2 aliphatic rings. The van der Waals surface area contributed by atoms with Crippen LogP contribution in [0.1, 0.15) is 19.3 Å². The smallest absolute Gasteiger partial charge is 0.240 e. The predicted octanol–water partition coefficient (Wildman–Crippen LogP) is -1.14. The SMILES string of the molecule is NS(=O)(=O)c1c(S(=O)(=O)C2CNC2)ccc(N2CCC(CCO)CC2)c1-c1nn[nH]n1. The molecule has 2 aliphatic heterocycles. The summed E-state index contributed by atoms with van der Waals surface area (Å²) in [5.41, 5.74) is 0.517. The van der Waals surface area contributed by atoms with Crippen molar-refractivity contribution in [2.24, 2.45) is 11.1 Å². The van der Waals surface area contributed by atoms with E-state index in [4.69, 9.17) is 5.14 Å². The van der Waals surface area contributed by atoms with Gasteiger partial charge in [0.25, 0.3) is 0 Å². The van der Waals surface area contributed by atoms with Crippen molar-refractivity contribution in [1.82, 2.24) is 25.9 Å². The number of tetrazole rings is 1. The average Bonchev–Trinajstić information content (AvgIpc) is 3.20. The van der Waals surface area contributed by atoms with Gasteiger partial charge in [0.1, 0.15) is 4.90 Å². The summed E-state index contributed by atoms with van der Waals surface area (Å²) in [6, 6.07) is 2.90. The van der Waals surface area contributed by atoms with Gasteiger partial charge in [0.05, 0.1) is 15.7 Å². The molecule has 12 nitrogen and oxygen atoms in total. The molecule has 4 rings (SSSR count). The largest absolute Gasteiger partial charge is 0.396 e. The molecule has 0 unspecified atom stereocenters. The highest BCUT2D eigenvalue weighted by Gasteiger charge is 2.39. The highest BCUT2D eigenvalue weighted by atomic mass is 32.2. The Morgan fingerprint density at radius 2 is 1.87 bits per heavy atom. The maximum Gasteiger partial charge on any atom is 0.240 e. The standard InChI is InChI=1S/C17H25N7O5S2/c18-31(28,29)16-14(30(26,27)12-9-19-10-12)2-1-13(15(16)17-20-22-23-21-17)24-6-3-11(4-7-24)5-8-25/h1-2,11-12,19,25H,3-10H2,(H2,18,28,29)(H,20,21,22,23). The monoisotopic (exact) mass is 471 g/mol. The molecule has 0 aliphatic carbocycles. The van der Waals surface area contributed by atoms with E-state index in [-0.39, 0.29) is 36.0 Å². The molecule has 3 heterocycles. The number of H-pyrrole nitrogens is 1. The Balaban J connectivity index is 1.88. The third-order valence-electron chi connectivity index (χ3n) is 5.93. The van der Waals surface area contributed by atoms with Crippen molar-refractivity contribution in [3.05, 3.63) is 12.1 Å². The van der Waals surface area contributed by atoms with Gasteiger partial charge in [-0.1, -0.05) is 0 Å². The molecule has 1 aromatic heterocycles. The van der Waals surface area contributed by atoms with Crippen LogP contribution in [0.25, 0.3) is 11.4 Å². The van der Waals surface area contributed by atoms with E-state index >= 15 is 0 Å². The molecule has 0 saturated carbocycles. The van der Waals surface area contributed by atoms with Gasteiger partial charge in [-0.2, -0.15) is 5.21 Å². The van der Waals surface area contributed by atoms with Gasteiger partial charge >= 0.3 is 0 Å². The van der Waals surface area contributed by atoms with Gasteiger partial charge in [-0.05, 0) is 42.5 Å². The zero-order valence-corrected chi connectivity index (χ0v) is 18.4. The van der Waals surface area contributed by atoms with E-state index in [0.717, 1.165) is 12.8 Å². The lowest BCUT2D eigenvalue weighted by atomic mass is 9.93. The molecule has 31 heavy (non-hydrogen) atoms. The molecule has 0 amide bonds. The summed E-state index contributed by atoms with van der Waals surface area (Å²) in [6.07, 6.45) is 2.33. The molecular weight excluding hydrogens is 446 g/mol. The van der Waals surface area contributed by atoms with Crippen molar-refractivity contribution >= 4 is 25.5 Å². The lowest BCUT2D eigenvalue weighted by Crippen LogP contribution is -2.51. The fraction of sp³-hybridized carbons (Fsp3) is 0.588. The number of anilines is 1. The zero-order chi connectivity index (χ0) is 22.2. The van der Waals surface area contributed by atoms with Crippen molar-refractivity contribution in [3.8, 4) is 11.4 Å². The second-order valence-corrected chi connectivity index (χ2v) is 11.5. The Kier molecular flexibility index (Phi) is 6.00. The average molecular weight is 472 g/mol. The number of aliphatic hydroxyl groups is 1. The second kappa shape index (κ2) is 8.43. The van der Waals surface area contributed by atoms with Crippen LogP contribution < -0.4 is 15.4 Å². The lowest BCUT2D eigenvalue weighted by molar-refractivity contribution is 0.240. The number of piperidine rings is 1. The minimum absolute atomic E-state index is 0.0326. The van der Waals surface area contributed by atoms with Crippen LogP contribution in [0, 0.1) is 5.92 Å². The van der Waals surface area contributed by atoms with Gasteiger partial charge in [-0.25, -0.2) is 22.0 Å². The maximum absolute atomic E-state index is 13.1. The van der Waals surface area contributed by atoms with E-state index in [9.17, 15) is 21.9 Å². The number of hydrogen-bond acceptors (Lipinski definition) is 10. The summed E-state index contributed by atoms with van der Waals surface area (Å²) in [5.74, 6) is 0.332. The van der Waals surface area contributed by atoms with Gasteiger partial charge in [0.2, 0.25) is 15.8 Å². The first kappa shape index (κ1) is 22.1. The number of hydrogen-bond donors (Lipinski definition) is 4. The number of sulfone groups is 1. The summed E-state index contributed by atoms with van der Waals surface area (Å²) in [6.45, 7) is 1.82. The molecule has 0 spiro atoms. The van der Waals surface area contributed by atoms with Crippen molar-refractivity contribution in [1.29, 1.82) is 0 Å². The Hall–Kier alpha value is -2.13. The van der Waals surface area contributed by atoms with Crippen LogP contribution >= 0.6 is 0 Å². The Bertz CT molecular complexity index is 1140. The molecular formula is C17H25N7O5S2. The summed E-state index contributed by atoms with van der Waals surface area (Å²) in [4.78, 5) is 1.12. The first-order valence-corrected chi connectivity index (χ1v) is 13.1. The third-order valence-corrected chi connectivity index (χ3v) is 9.22. The molecule has 2 saturated heterocycles. The predicted molar refractivity (Wildman–Crippen MR) is 111 cm³/mol. The Morgan fingerprint density at radius 1 is 1.16 bits per heavy atom. The van der Waals surface area contributed by atoms with E-state index in [1.807, 2.05) is 4.90 Å². The Labute approximate surface area is 180 Å². The van der Waals surface area contributed by atoms with Crippen LogP contribution in [0.4, 0.5) is 5.69 Å². The summed E-state index contributed by atoms with van der Waals surface area (Å²) in [7, 11) is -8.40. The van der Waals surface area contributed by atoms with Crippen LogP contribution in [0.2, 0.25) is 0 Å². The van der Waals surface area contributed by atoms with Crippen LogP contribution in [-0.2, 0) is 19.9 Å². The Morgan fingerprint density at radius 3 is 2.39 bits per heavy atom. The van der Waals surface area contributed by atoms with Gasteiger partial charge < -0.3 is 15.3 Å². The first-order valence-electron chi connectivity index (χ1n) is 9.97. The fourth-order valence-corrected chi connectivity index (χ4v) is 7.29. The number of nitrogens with one attached hydrogen (secondary N) is 2. The highest BCUT2D eigenvalue weighted by Crippen LogP contribution is 2.40. The number of aliphatic hydroxyl groups excluding tert-OH is 1. The van der Waals surface area contributed by atoms with Crippen molar-refractivity contribution in [3.63, 3.8) is 0 Å². The summed E-state index contributed by atoms with van der Waals surface area (Å²) < 4.78 is 51.7. The molecule has 2 fully saturated rings. The molecule has 2 aromatic rings. The molecule has 170 valence electrons. The van der Waals surface area contributed by atoms with E-state index in [2.05, 4.69) is 25.9 Å². The number of aromatic nitrogens is 4. The van der Waals surface area contributed by atoms with Crippen molar-refractivity contribution in [2.45, 2.75) is 34.3 Å². The quantitative estimate of drug-likeness (QED) is 0.385. The number of benzene rings is 1. The normalized spacial score (nSPS) is 18.8. The number of sulfonamides is 1. The van der Waals surface area contributed by atoms with Crippen LogP contribution in [0.15, 0.2) is 21.9 Å². The number of aromatic amines is 1. The second-order valence-electron chi connectivity index (χ2n) is 7.84. The fourth-order valence-electron chi connectivity index (χ4n) is 4.11.